The summed E-state index contributed by atoms with van der Waals surface area (Å²) in [5.74, 6) is -1.77. The van der Waals surface area contributed by atoms with Crippen LogP contribution in [0.4, 0.5) is 0 Å². The summed E-state index contributed by atoms with van der Waals surface area (Å²) in [5, 5.41) is 23.7. The topological polar surface area (TPSA) is 113 Å². The second kappa shape index (κ2) is 15.9. The molecule has 7 nitrogen and oxygen atoms in total. The van der Waals surface area contributed by atoms with Crippen LogP contribution in [0.25, 0.3) is 0 Å². The number of aliphatic carboxylic acids is 1. The molecule has 0 saturated carbocycles. The fourth-order valence-corrected chi connectivity index (χ4v) is 8.42. The van der Waals surface area contributed by atoms with Gasteiger partial charge in [0.25, 0.3) is 0 Å². The number of carbonyl (C=O) groups is 3. The fraction of sp³-hybridized carbons (Fsp3) is 0.512. The summed E-state index contributed by atoms with van der Waals surface area (Å²) in [7, 11) is 0. The minimum atomic E-state index is -1.44. The van der Waals surface area contributed by atoms with Gasteiger partial charge in [-0.05, 0) is 65.3 Å². The van der Waals surface area contributed by atoms with E-state index in [9.17, 15) is 24.6 Å². The largest absolute Gasteiger partial charge is 0.507 e. The molecule has 9 heteroatoms. The standard InChI is InChI=1S/C43H59NO6S2/c1-39(2,3)29-21-27(22-30(36(29)47)40(4,5)6)51-43(13,14)52-28-23-31(41(7,8)9)37(32(24-28)42(10,11)12)50-35(46)25-33(38(48)49)44-34(45)20-26-18-16-15-17-19-26/h15-19,21-24,33,47H,20,25H2,1-14H3,(H,44,45)(H,48,49)/t33-/m1/s1. The van der Waals surface area contributed by atoms with E-state index in [4.69, 9.17) is 4.74 Å². The number of benzene rings is 3. The van der Waals surface area contributed by atoms with E-state index in [-0.39, 0.29) is 21.3 Å². The van der Waals surface area contributed by atoms with Gasteiger partial charge in [-0.3, -0.25) is 9.59 Å². The molecule has 1 atom stereocenters. The van der Waals surface area contributed by atoms with E-state index >= 15 is 0 Å². The van der Waals surface area contributed by atoms with Gasteiger partial charge in [0, 0.05) is 32.0 Å². The molecule has 0 heterocycles. The lowest BCUT2D eigenvalue weighted by atomic mass is 9.79. The number of phenols is 1. The van der Waals surface area contributed by atoms with E-state index in [1.165, 1.54) is 0 Å². The van der Waals surface area contributed by atoms with Crippen LogP contribution in [0.1, 0.15) is 131 Å². The van der Waals surface area contributed by atoms with Gasteiger partial charge in [0.15, 0.2) is 0 Å². The number of thioether (sulfide) groups is 2. The number of rotatable bonds is 11. The van der Waals surface area contributed by atoms with Crippen molar-refractivity contribution >= 4 is 41.4 Å². The molecule has 0 bridgehead atoms. The number of hydrogen-bond acceptors (Lipinski definition) is 7. The summed E-state index contributed by atoms with van der Waals surface area (Å²) in [6.45, 7) is 29.4. The van der Waals surface area contributed by atoms with Gasteiger partial charge in [-0.1, -0.05) is 113 Å². The SMILES string of the molecule is CC(C)(Sc1cc(C(C)(C)C)c(O)c(C(C)(C)C)c1)Sc1cc(C(C)(C)C)c(OC(=O)C[C@@H](NC(=O)Cc2ccccc2)C(=O)O)c(C(C)(C)C)c1. The number of carboxylic acid groups (broad SMARTS) is 1. The number of nitrogens with one attached hydrogen (secondary N) is 1. The Morgan fingerprint density at radius 3 is 1.46 bits per heavy atom. The third-order valence-electron chi connectivity index (χ3n) is 8.53. The zero-order chi connectivity index (χ0) is 39.6. The Morgan fingerprint density at radius 1 is 0.673 bits per heavy atom. The van der Waals surface area contributed by atoms with E-state index in [2.05, 4.69) is 127 Å². The average molecular weight is 750 g/mol. The number of aromatic hydroxyl groups is 1. The van der Waals surface area contributed by atoms with Crippen molar-refractivity contribution in [2.45, 2.75) is 151 Å². The van der Waals surface area contributed by atoms with Crippen LogP contribution in [0.2, 0.25) is 0 Å². The number of carboxylic acids is 1. The van der Waals surface area contributed by atoms with Crippen molar-refractivity contribution in [2.24, 2.45) is 0 Å². The summed E-state index contributed by atoms with van der Waals surface area (Å²) in [6.07, 6.45) is -0.527. The van der Waals surface area contributed by atoms with Crippen molar-refractivity contribution in [3.8, 4) is 11.5 Å². The summed E-state index contributed by atoms with van der Waals surface area (Å²) in [5.41, 5.74) is 2.88. The first-order valence-corrected chi connectivity index (χ1v) is 19.4. The molecule has 0 unspecified atom stereocenters. The molecule has 1 amide bonds. The van der Waals surface area contributed by atoms with Gasteiger partial charge in [-0.2, -0.15) is 0 Å². The molecule has 0 aromatic heterocycles. The Bertz CT molecular complexity index is 1700. The van der Waals surface area contributed by atoms with Crippen molar-refractivity contribution in [2.75, 3.05) is 0 Å². The van der Waals surface area contributed by atoms with Crippen molar-refractivity contribution in [3.63, 3.8) is 0 Å². The average Bonchev–Trinajstić information content (AvgIpc) is 2.96. The van der Waals surface area contributed by atoms with Crippen molar-refractivity contribution in [3.05, 3.63) is 82.4 Å². The molecule has 0 radical (unpaired) electrons. The highest BCUT2D eigenvalue weighted by Gasteiger charge is 2.34. The molecule has 0 spiro atoms. The van der Waals surface area contributed by atoms with Crippen LogP contribution < -0.4 is 10.1 Å². The maximum atomic E-state index is 13.5. The Kier molecular flexibility index (Phi) is 13.1. The van der Waals surface area contributed by atoms with Crippen LogP contribution >= 0.6 is 23.5 Å². The molecule has 0 aliphatic rings. The number of carbonyl (C=O) groups excluding carboxylic acids is 2. The van der Waals surface area contributed by atoms with E-state index in [1.807, 2.05) is 6.07 Å². The Labute approximate surface area is 320 Å². The molecule has 0 fully saturated rings. The minimum Gasteiger partial charge on any atom is -0.507 e. The Balaban J connectivity index is 1.98. The number of phenolic OH excluding ortho intramolecular Hbond substituents is 1. The van der Waals surface area contributed by atoms with Crippen LogP contribution in [0.3, 0.4) is 0 Å². The third kappa shape index (κ3) is 11.8. The van der Waals surface area contributed by atoms with Gasteiger partial charge in [0.2, 0.25) is 5.91 Å². The summed E-state index contributed by atoms with van der Waals surface area (Å²) in [4.78, 5) is 40.4. The molecule has 284 valence electrons. The third-order valence-corrected chi connectivity index (χ3v) is 11.0. The molecule has 0 aliphatic carbocycles. The first-order chi connectivity index (χ1) is 23.6. The fourth-order valence-electron chi connectivity index (χ4n) is 5.83. The van der Waals surface area contributed by atoms with Crippen LogP contribution in [-0.4, -0.2) is 38.2 Å². The summed E-state index contributed by atoms with van der Waals surface area (Å²) < 4.78 is 5.76. The monoisotopic (exact) mass is 749 g/mol. The first kappa shape index (κ1) is 43.0. The number of amides is 1. The Hall–Kier alpha value is -3.43. The molecule has 3 N–H and O–H groups in total. The number of ether oxygens (including phenoxy) is 1. The van der Waals surface area contributed by atoms with Crippen LogP contribution in [0, 0.1) is 0 Å². The van der Waals surface area contributed by atoms with Gasteiger partial charge in [0.1, 0.15) is 17.5 Å². The van der Waals surface area contributed by atoms with Crippen molar-refractivity contribution < 1.29 is 29.3 Å². The zero-order valence-corrected chi connectivity index (χ0v) is 35.2. The maximum Gasteiger partial charge on any atom is 0.326 e. The van der Waals surface area contributed by atoms with Crippen LogP contribution in [0.5, 0.6) is 11.5 Å². The smallest absolute Gasteiger partial charge is 0.326 e. The molecule has 3 aromatic rings. The van der Waals surface area contributed by atoms with E-state index in [1.54, 1.807) is 47.8 Å². The van der Waals surface area contributed by atoms with E-state index in [0.717, 1.165) is 37.6 Å². The Morgan fingerprint density at radius 2 is 1.08 bits per heavy atom. The highest BCUT2D eigenvalue weighted by atomic mass is 32.2. The minimum absolute atomic E-state index is 0.00196. The number of hydrogen-bond donors (Lipinski definition) is 3. The normalized spacial score (nSPS) is 13.4. The lowest BCUT2D eigenvalue weighted by Gasteiger charge is -2.32. The molecule has 52 heavy (non-hydrogen) atoms. The summed E-state index contributed by atoms with van der Waals surface area (Å²) >= 11 is 3.46. The maximum absolute atomic E-state index is 13.5. The second-order valence-electron chi connectivity index (χ2n) is 18.1. The molecule has 0 saturated heterocycles. The van der Waals surface area contributed by atoms with Crippen LogP contribution in [-0.2, 0) is 42.5 Å². The van der Waals surface area contributed by atoms with Gasteiger partial charge in [-0.15, -0.1) is 23.5 Å². The molecule has 0 aliphatic heterocycles. The molecular formula is C43H59NO6S2. The van der Waals surface area contributed by atoms with Gasteiger partial charge < -0.3 is 20.3 Å². The lowest BCUT2D eigenvalue weighted by Crippen LogP contribution is -2.43. The number of esters is 1. The van der Waals surface area contributed by atoms with Crippen molar-refractivity contribution in [1.29, 1.82) is 0 Å². The van der Waals surface area contributed by atoms with E-state index < -0.39 is 41.1 Å². The van der Waals surface area contributed by atoms with Gasteiger partial charge >= 0.3 is 11.9 Å². The molecular weight excluding hydrogens is 691 g/mol. The summed E-state index contributed by atoms with van der Waals surface area (Å²) in [6, 6.07) is 15.9. The van der Waals surface area contributed by atoms with Gasteiger partial charge in [-0.25, -0.2) is 4.79 Å². The van der Waals surface area contributed by atoms with Crippen molar-refractivity contribution in [1.82, 2.24) is 5.32 Å². The van der Waals surface area contributed by atoms with E-state index in [0.29, 0.717) is 11.5 Å². The predicted molar refractivity (Wildman–Crippen MR) is 215 cm³/mol. The highest BCUT2D eigenvalue weighted by Crippen LogP contribution is 2.51. The first-order valence-electron chi connectivity index (χ1n) is 17.8. The predicted octanol–water partition coefficient (Wildman–Crippen LogP) is 10.3. The molecule has 3 aromatic carbocycles. The molecule has 3 rings (SSSR count). The second-order valence-corrected chi connectivity index (χ2v) is 21.8. The highest BCUT2D eigenvalue weighted by molar-refractivity contribution is 8.18. The zero-order valence-electron chi connectivity index (χ0n) is 33.5. The lowest BCUT2D eigenvalue weighted by molar-refractivity contribution is -0.146. The van der Waals surface area contributed by atoms with Crippen LogP contribution in [0.15, 0.2) is 64.4 Å². The van der Waals surface area contributed by atoms with Gasteiger partial charge in [0.05, 0.1) is 16.9 Å². The quantitative estimate of drug-likeness (QED) is 0.0769.